The van der Waals surface area contributed by atoms with Crippen molar-refractivity contribution >= 4 is 17.6 Å². The summed E-state index contributed by atoms with van der Waals surface area (Å²) >= 11 is 0. The van der Waals surface area contributed by atoms with Crippen LogP contribution in [0.3, 0.4) is 0 Å². The van der Waals surface area contributed by atoms with Crippen LogP contribution in [0.5, 0.6) is 0 Å². The highest BCUT2D eigenvalue weighted by atomic mass is 16.7. The molecule has 3 fully saturated rings. The van der Waals surface area contributed by atoms with Crippen LogP contribution in [-0.4, -0.2) is 53.2 Å². The zero-order valence-electron chi connectivity index (χ0n) is 25.8. The Hall–Kier alpha value is -2.78. The van der Waals surface area contributed by atoms with Crippen LogP contribution >= 0.6 is 0 Å². The molecule has 1 aliphatic carbocycles. The Morgan fingerprint density at radius 1 is 1.10 bits per heavy atom. The first-order valence-electron chi connectivity index (χ1n) is 15.2. The lowest BCUT2D eigenvalue weighted by atomic mass is 9.65. The summed E-state index contributed by atoms with van der Waals surface area (Å²) < 4.78 is 18.4. The third kappa shape index (κ3) is 6.88. The molecule has 8 nitrogen and oxygen atoms in total. The predicted molar refractivity (Wildman–Crippen MR) is 160 cm³/mol. The summed E-state index contributed by atoms with van der Waals surface area (Å²) in [6.45, 7) is 14.2. The Morgan fingerprint density at radius 3 is 2.52 bits per heavy atom. The summed E-state index contributed by atoms with van der Waals surface area (Å²) in [4.78, 5) is 26.5. The molecule has 5 rings (SSSR count). The second-order valence-corrected chi connectivity index (χ2v) is 13.8. The van der Waals surface area contributed by atoms with E-state index in [0.717, 1.165) is 29.8 Å². The van der Waals surface area contributed by atoms with E-state index in [1.54, 1.807) is 13.0 Å². The van der Waals surface area contributed by atoms with Gasteiger partial charge in [-0.15, -0.1) is 0 Å². The molecule has 42 heavy (non-hydrogen) atoms. The molecule has 2 heterocycles. The number of ether oxygens (including phenoxy) is 3. The van der Waals surface area contributed by atoms with Crippen molar-refractivity contribution in [3.8, 4) is 0 Å². The quantitative estimate of drug-likeness (QED) is 0.385. The summed E-state index contributed by atoms with van der Waals surface area (Å²) in [5.74, 6) is -0.819. The largest absolute Gasteiger partial charge is 0.453 e. The zero-order valence-corrected chi connectivity index (χ0v) is 25.8. The van der Waals surface area contributed by atoms with Crippen LogP contribution in [0, 0.1) is 16.7 Å². The van der Waals surface area contributed by atoms with Crippen molar-refractivity contribution in [3.63, 3.8) is 0 Å². The van der Waals surface area contributed by atoms with Crippen LogP contribution in [-0.2, 0) is 30.4 Å². The maximum Gasteiger partial charge on any atom is 0.303 e. The first kappa shape index (κ1) is 30.7. The highest BCUT2D eigenvalue weighted by Gasteiger charge is 2.51. The molecular weight excluding hydrogens is 532 g/mol. The van der Waals surface area contributed by atoms with Crippen molar-refractivity contribution in [2.75, 3.05) is 18.4 Å². The average Bonchev–Trinajstić information content (AvgIpc) is 3.16. The fourth-order valence-electron chi connectivity index (χ4n) is 7.66. The van der Waals surface area contributed by atoms with Crippen molar-refractivity contribution in [3.05, 3.63) is 65.2 Å². The number of aliphatic hydroxyl groups excluding tert-OH is 1. The number of anilines is 1. The average molecular weight is 579 g/mol. The van der Waals surface area contributed by atoms with E-state index in [-0.39, 0.29) is 24.7 Å². The van der Waals surface area contributed by atoms with Crippen LogP contribution in [0.1, 0.15) is 89.9 Å². The van der Waals surface area contributed by atoms with Crippen LogP contribution in [0.2, 0.25) is 0 Å². The lowest BCUT2D eigenvalue weighted by Crippen LogP contribution is -2.46. The van der Waals surface area contributed by atoms with Gasteiger partial charge in [-0.25, -0.2) is 0 Å². The van der Waals surface area contributed by atoms with Crippen molar-refractivity contribution in [1.82, 2.24) is 4.90 Å². The fraction of sp³-hybridized carbons (Fsp3) is 0.588. The minimum atomic E-state index is -0.906. The van der Waals surface area contributed by atoms with Gasteiger partial charge in [-0.05, 0) is 60.3 Å². The number of nitrogens with one attached hydrogen (secondary N) is 1. The normalized spacial score (nSPS) is 31.4. The fourth-order valence-corrected chi connectivity index (χ4v) is 7.66. The predicted octanol–water partition coefficient (Wildman–Crippen LogP) is 5.76. The molecule has 2 aromatic carbocycles. The number of carbonyl (C=O) groups excluding carboxylic acids is 2. The molecule has 228 valence electrons. The molecule has 2 N–H and O–H groups in total. The summed E-state index contributed by atoms with van der Waals surface area (Å²) in [6, 6.07) is 16.0. The minimum absolute atomic E-state index is 0.00420. The van der Waals surface area contributed by atoms with E-state index in [9.17, 15) is 14.7 Å². The van der Waals surface area contributed by atoms with Crippen molar-refractivity contribution < 1.29 is 28.9 Å². The van der Waals surface area contributed by atoms with Crippen molar-refractivity contribution in [2.45, 2.75) is 98.1 Å². The summed E-state index contributed by atoms with van der Waals surface area (Å²) in [5.41, 5.74) is 3.95. The minimum Gasteiger partial charge on any atom is -0.453 e. The van der Waals surface area contributed by atoms with Gasteiger partial charge in [0, 0.05) is 43.2 Å². The summed E-state index contributed by atoms with van der Waals surface area (Å²) in [7, 11) is 0. The van der Waals surface area contributed by atoms with Crippen LogP contribution < -0.4 is 5.32 Å². The van der Waals surface area contributed by atoms with E-state index in [0.29, 0.717) is 22.6 Å². The molecule has 7 atom stereocenters. The van der Waals surface area contributed by atoms with E-state index in [2.05, 4.69) is 37.9 Å². The molecule has 2 unspecified atom stereocenters. The number of esters is 1. The number of likely N-dealkylation sites (tertiary alicyclic amines) is 1. The van der Waals surface area contributed by atoms with Gasteiger partial charge in [0.1, 0.15) is 0 Å². The van der Waals surface area contributed by atoms with E-state index in [1.165, 1.54) is 26.2 Å². The molecule has 2 saturated heterocycles. The van der Waals surface area contributed by atoms with E-state index in [4.69, 9.17) is 14.2 Å². The summed E-state index contributed by atoms with van der Waals surface area (Å²) in [5, 5.41) is 12.4. The number of hydrogen-bond donors (Lipinski definition) is 2. The second kappa shape index (κ2) is 12.1. The van der Waals surface area contributed by atoms with Gasteiger partial charge in [-0.2, -0.15) is 0 Å². The number of hydrogen-bond acceptors (Lipinski definition) is 7. The topological polar surface area (TPSA) is 97.3 Å². The highest BCUT2D eigenvalue weighted by molar-refractivity contribution is 5.95. The molecule has 2 bridgehead atoms. The maximum absolute atomic E-state index is 12.6. The van der Waals surface area contributed by atoms with Gasteiger partial charge in [-0.3, -0.25) is 14.5 Å². The summed E-state index contributed by atoms with van der Waals surface area (Å²) in [6.07, 6.45) is 1.85. The Kier molecular flexibility index (Phi) is 8.82. The smallest absolute Gasteiger partial charge is 0.303 e. The second-order valence-electron chi connectivity index (χ2n) is 13.8. The standard InChI is InChI=1S/C34H46N2O6/c1-21-29(17-36-20-34(6)16-28(36)15-33(4,5)19-34)41-32(42-30(21)25-12-10-24(18-37)11-13-25)26-8-7-9-27(14-26)35-31(39)22(2)40-23(3)38/h7-14,21-22,28-30,32,37H,15-20H2,1-6H3,(H,35,39)/t21-,22-,28?,29+,30+,32+,34?/m0/s1. The Balaban J connectivity index is 1.39. The number of amides is 1. The van der Waals surface area contributed by atoms with Gasteiger partial charge in [0.15, 0.2) is 12.4 Å². The first-order valence-corrected chi connectivity index (χ1v) is 15.2. The van der Waals surface area contributed by atoms with E-state index in [1.807, 2.05) is 42.5 Å². The number of aliphatic hydroxyl groups is 1. The van der Waals surface area contributed by atoms with Gasteiger partial charge < -0.3 is 24.6 Å². The molecule has 3 aliphatic rings. The monoisotopic (exact) mass is 578 g/mol. The maximum atomic E-state index is 12.6. The Morgan fingerprint density at radius 2 is 1.83 bits per heavy atom. The van der Waals surface area contributed by atoms with Crippen molar-refractivity contribution in [2.24, 2.45) is 16.7 Å². The molecule has 8 heteroatoms. The number of benzene rings is 2. The molecular formula is C34H46N2O6. The molecule has 2 aromatic rings. The number of fused-ring (bicyclic) bond motifs is 2. The van der Waals surface area contributed by atoms with E-state index < -0.39 is 24.3 Å². The van der Waals surface area contributed by atoms with Gasteiger partial charge in [0.2, 0.25) is 0 Å². The van der Waals surface area contributed by atoms with Gasteiger partial charge in [0.25, 0.3) is 5.91 Å². The molecule has 0 spiro atoms. The van der Waals surface area contributed by atoms with Crippen LogP contribution in [0.15, 0.2) is 48.5 Å². The SMILES string of the molecule is CC(=O)O[C@@H](C)C(=O)Nc1cccc([C@@H]2O[C@H](CN3CC4(C)CC3CC(C)(C)C4)[C@H](C)[C@H](c3ccc(CO)cc3)O2)c1. The van der Waals surface area contributed by atoms with Crippen LogP contribution in [0.4, 0.5) is 5.69 Å². The zero-order chi connectivity index (χ0) is 30.2. The molecule has 1 saturated carbocycles. The van der Waals surface area contributed by atoms with Crippen molar-refractivity contribution in [1.29, 1.82) is 0 Å². The first-order chi connectivity index (χ1) is 19.8. The lowest BCUT2D eigenvalue weighted by molar-refractivity contribution is -0.276. The van der Waals surface area contributed by atoms with Gasteiger partial charge in [0.05, 0.1) is 18.8 Å². The third-order valence-corrected chi connectivity index (χ3v) is 9.20. The third-order valence-electron chi connectivity index (χ3n) is 9.20. The van der Waals surface area contributed by atoms with Gasteiger partial charge in [-0.1, -0.05) is 64.1 Å². The van der Waals surface area contributed by atoms with Gasteiger partial charge >= 0.3 is 5.97 Å². The van der Waals surface area contributed by atoms with Crippen LogP contribution in [0.25, 0.3) is 0 Å². The molecule has 1 amide bonds. The number of rotatable bonds is 8. The van der Waals surface area contributed by atoms with E-state index >= 15 is 0 Å². The Bertz CT molecular complexity index is 1280. The molecule has 0 aromatic heterocycles. The molecule has 2 aliphatic heterocycles. The highest BCUT2D eigenvalue weighted by Crippen LogP contribution is 2.53. The molecule has 0 radical (unpaired) electrons. The number of nitrogens with zero attached hydrogens (tertiary/aromatic N) is 1. The Labute approximate surface area is 249 Å². The number of carbonyl (C=O) groups is 2. The lowest BCUT2D eigenvalue weighted by Gasteiger charge is -2.43.